The molecule has 13 heteroatoms. The number of carbonyl (C=O) groups is 4. The summed E-state index contributed by atoms with van der Waals surface area (Å²) in [5.74, 6) is -2.45. The number of nitriles is 1. The van der Waals surface area contributed by atoms with Gasteiger partial charge in [-0.05, 0) is 12.8 Å². The Labute approximate surface area is 202 Å². The lowest BCUT2D eigenvalue weighted by molar-refractivity contribution is -0.159. The predicted molar refractivity (Wildman–Crippen MR) is 122 cm³/mol. The van der Waals surface area contributed by atoms with E-state index in [0.717, 1.165) is 18.5 Å². The Morgan fingerprint density at radius 2 is 1.71 bits per heavy atom. The quantitative estimate of drug-likeness (QED) is 0.337. The van der Waals surface area contributed by atoms with Crippen LogP contribution >= 0.6 is 0 Å². The number of nitrogens with one attached hydrogen (secondary N) is 1. The van der Waals surface area contributed by atoms with Gasteiger partial charge in [-0.1, -0.05) is 0 Å². The minimum absolute atomic E-state index is 0.0631. The van der Waals surface area contributed by atoms with Crippen LogP contribution in [0.1, 0.15) is 12.8 Å². The molecule has 0 spiro atoms. The minimum atomic E-state index is -1.82. The molecule has 0 aliphatic carbocycles. The number of carboxylic acids is 2. The number of carbonyl (C=O) groups excluding carboxylic acids is 2. The maximum absolute atomic E-state index is 12.8. The van der Waals surface area contributed by atoms with Gasteiger partial charge in [0.05, 0.1) is 32.5 Å². The van der Waals surface area contributed by atoms with Crippen LogP contribution in [0.5, 0.6) is 11.5 Å². The highest BCUT2D eigenvalue weighted by molar-refractivity contribution is 6.27. The van der Waals surface area contributed by atoms with E-state index >= 15 is 0 Å². The molecule has 0 saturated carbocycles. The third-order valence-electron chi connectivity index (χ3n) is 5.48. The highest BCUT2D eigenvalue weighted by Gasteiger charge is 2.30. The molecule has 3 rings (SSSR count). The van der Waals surface area contributed by atoms with Gasteiger partial charge in [0.15, 0.2) is 0 Å². The van der Waals surface area contributed by atoms with Gasteiger partial charge in [-0.25, -0.2) is 14.4 Å². The Kier molecular flexibility index (Phi) is 10.1. The van der Waals surface area contributed by atoms with Gasteiger partial charge in [-0.2, -0.15) is 5.26 Å². The molecule has 2 aliphatic heterocycles. The third kappa shape index (κ3) is 7.47. The molecule has 1 aromatic rings. The van der Waals surface area contributed by atoms with Crippen molar-refractivity contribution in [2.45, 2.75) is 18.9 Å². The second-order valence-corrected chi connectivity index (χ2v) is 7.65. The maximum atomic E-state index is 12.8. The van der Waals surface area contributed by atoms with E-state index in [2.05, 4.69) is 11.4 Å². The monoisotopic (exact) mass is 491 g/mol. The summed E-state index contributed by atoms with van der Waals surface area (Å²) in [6.07, 6.45) is 1.62. The molecule has 0 radical (unpaired) electrons. The van der Waals surface area contributed by atoms with Gasteiger partial charge in [0.25, 0.3) is 0 Å². The molecule has 2 saturated heterocycles. The zero-order valence-electron chi connectivity index (χ0n) is 19.6. The first kappa shape index (κ1) is 27.2. The van der Waals surface area contributed by atoms with Crippen LogP contribution in [0.3, 0.4) is 0 Å². The number of benzene rings is 1. The van der Waals surface area contributed by atoms with Gasteiger partial charge in [-0.3, -0.25) is 9.69 Å². The number of nitrogens with zero attached hydrogens (tertiary/aromatic N) is 4. The number of anilines is 1. The minimum Gasteiger partial charge on any atom is -0.497 e. The number of rotatable bonds is 8. The van der Waals surface area contributed by atoms with Gasteiger partial charge in [-0.15, -0.1) is 0 Å². The van der Waals surface area contributed by atoms with E-state index in [1.54, 1.807) is 35.0 Å². The van der Waals surface area contributed by atoms with Gasteiger partial charge in [0.1, 0.15) is 17.5 Å². The number of carboxylic acid groups (broad SMARTS) is 2. The van der Waals surface area contributed by atoms with Crippen molar-refractivity contribution in [3.8, 4) is 17.6 Å². The van der Waals surface area contributed by atoms with Crippen LogP contribution in [0.25, 0.3) is 0 Å². The fraction of sp³-hybridized carbons (Fsp3) is 0.500. The largest absolute Gasteiger partial charge is 0.497 e. The third-order valence-corrected chi connectivity index (χ3v) is 5.48. The average Bonchev–Trinajstić information content (AvgIpc) is 3.48. The van der Waals surface area contributed by atoms with Crippen LogP contribution in [0.2, 0.25) is 0 Å². The Morgan fingerprint density at radius 1 is 1.09 bits per heavy atom. The highest BCUT2D eigenvalue weighted by Crippen LogP contribution is 2.30. The Bertz CT molecular complexity index is 945. The summed E-state index contributed by atoms with van der Waals surface area (Å²) in [6.45, 7) is 3.02. The van der Waals surface area contributed by atoms with Crippen molar-refractivity contribution in [3.63, 3.8) is 0 Å². The predicted octanol–water partition coefficient (Wildman–Crippen LogP) is 0.206. The van der Waals surface area contributed by atoms with Crippen LogP contribution in [0, 0.1) is 11.3 Å². The number of methoxy groups -OCH3 is 2. The molecule has 2 heterocycles. The first-order valence-electron chi connectivity index (χ1n) is 10.9. The molecule has 0 bridgehead atoms. The van der Waals surface area contributed by atoms with E-state index in [1.165, 1.54) is 0 Å². The normalized spacial score (nSPS) is 16.9. The molecule has 35 heavy (non-hydrogen) atoms. The lowest BCUT2D eigenvalue weighted by Gasteiger charge is -2.21. The van der Waals surface area contributed by atoms with E-state index in [4.69, 9.17) is 34.5 Å². The van der Waals surface area contributed by atoms with Gasteiger partial charge in [0.2, 0.25) is 5.91 Å². The molecule has 190 valence electrons. The average molecular weight is 492 g/mol. The van der Waals surface area contributed by atoms with Crippen molar-refractivity contribution < 1.29 is 38.9 Å². The molecule has 13 nitrogen and oxygen atoms in total. The Hall–Kier alpha value is -4.05. The summed E-state index contributed by atoms with van der Waals surface area (Å²) >= 11 is 0. The number of likely N-dealkylation sites (tertiary alicyclic amines) is 1. The molecular weight excluding hydrogens is 462 g/mol. The topological polar surface area (TPSA) is 173 Å². The summed E-state index contributed by atoms with van der Waals surface area (Å²) in [6, 6.07) is 7.16. The van der Waals surface area contributed by atoms with Crippen LogP contribution in [0.4, 0.5) is 10.5 Å². The Balaban J connectivity index is 0.000000641. The van der Waals surface area contributed by atoms with Gasteiger partial charge < -0.3 is 34.8 Å². The number of hydrogen-bond acceptors (Lipinski definition) is 8. The van der Waals surface area contributed by atoms with E-state index in [1.807, 2.05) is 12.1 Å². The van der Waals surface area contributed by atoms with Crippen molar-refractivity contribution in [3.05, 3.63) is 18.2 Å². The molecule has 1 atom stereocenters. The number of amides is 3. The molecule has 0 aromatic heterocycles. The molecular formula is C22H29N5O8. The van der Waals surface area contributed by atoms with Crippen molar-refractivity contribution in [2.24, 2.45) is 0 Å². The lowest BCUT2D eigenvalue weighted by atomic mass is 10.2. The van der Waals surface area contributed by atoms with E-state index in [0.29, 0.717) is 44.2 Å². The second kappa shape index (κ2) is 13.0. The number of urea groups is 1. The molecule has 1 aromatic carbocycles. The van der Waals surface area contributed by atoms with E-state index < -0.39 is 11.9 Å². The first-order valence-corrected chi connectivity index (χ1v) is 10.9. The van der Waals surface area contributed by atoms with Crippen molar-refractivity contribution >= 4 is 29.6 Å². The SMILES string of the molecule is COc1cc(OC)cc(N2CCN(CCNCC(=O)N3CCC[C@H]3C#N)C2=O)c1.O=C(O)C(=O)O. The highest BCUT2D eigenvalue weighted by atomic mass is 16.5. The summed E-state index contributed by atoms with van der Waals surface area (Å²) < 4.78 is 10.6. The summed E-state index contributed by atoms with van der Waals surface area (Å²) in [5.41, 5.74) is 0.730. The fourth-order valence-electron chi connectivity index (χ4n) is 3.69. The second-order valence-electron chi connectivity index (χ2n) is 7.65. The first-order chi connectivity index (χ1) is 16.7. The van der Waals surface area contributed by atoms with Crippen molar-refractivity contribution in [1.29, 1.82) is 5.26 Å². The lowest BCUT2D eigenvalue weighted by Crippen LogP contribution is -2.43. The fourth-order valence-corrected chi connectivity index (χ4v) is 3.69. The summed E-state index contributed by atoms with van der Waals surface area (Å²) in [7, 11) is 3.15. The zero-order chi connectivity index (χ0) is 26.0. The summed E-state index contributed by atoms with van der Waals surface area (Å²) in [4.78, 5) is 48.3. The van der Waals surface area contributed by atoms with Crippen LogP contribution in [0.15, 0.2) is 18.2 Å². The molecule has 2 aliphatic rings. The smallest absolute Gasteiger partial charge is 0.414 e. The van der Waals surface area contributed by atoms with Crippen LogP contribution < -0.4 is 19.7 Å². The number of hydrogen-bond donors (Lipinski definition) is 3. The standard InChI is InChI=1S/C20H27N5O4.C2H2O4/c1-28-17-10-16(11-18(12-17)29-2)25-9-8-23(20(25)27)7-5-22-14-19(26)24-6-3-4-15(24)13-21;3-1(4)2(5)6/h10-12,15,22H,3-9,14H2,1-2H3;(H,3,4)(H,5,6)/t15-;/m0./s1. The zero-order valence-corrected chi connectivity index (χ0v) is 19.6. The van der Waals surface area contributed by atoms with Crippen molar-refractivity contribution in [2.75, 3.05) is 58.4 Å². The number of ether oxygens (including phenoxy) is 2. The van der Waals surface area contributed by atoms with Gasteiger partial charge >= 0.3 is 18.0 Å². The summed E-state index contributed by atoms with van der Waals surface area (Å²) in [5, 5.41) is 27.0. The Morgan fingerprint density at radius 3 is 2.26 bits per heavy atom. The molecule has 2 fully saturated rings. The van der Waals surface area contributed by atoms with Crippen molar-refractivity contribution in [1.82, 2.24) is 15.1 Å². The molecule has 3 amide bonds. The van der Waals surface area contributed by atoms with Gasteiger partial charge in [0, 0.05) is 50.9 Å². The molecule has 3 N–H and O–H groups in total. The van der Waals surface area contributed by atoms with Crippen LogP contribution in [-0.4, -0.2) is 103 Å². The van der Waals surface area contributed by atoms with Crippen LogP contribution in [-0.2, 0) is 14.4 Å². The number of aliphatic carboxylic acids is 2. The maximum Gasteiger partial charge on any atom is 0.414 e. The van der Waals surface area contributed by atoms with E-state index in [9.17, 15) is 9.59 Å². The molecule has 0 unspecified atom stereocenters. The van der Waals surface area contributed by atoms with E-state index in [-0.39, 0.29) is 24.5 Å².